The van der Waals surface area contributed by atoms with Gasteiger partial charge in [-0.05, 0) is 96.3 Å². The van der Waals surface area contributed by atoms with Crippen molar-refractivity contribution in [3.8, 4) is 0 Å². The minimum absolute atomic E-state index is 0.0819. The Morgan fingerprint density at radius 1 is 0.299 bits per heavy atom. The fraction of sp³-hybridized carbons (Fsp3) is 0.787. The van der Waals surface area contributed by atoms with Gasteiger partial charge in [0.2, 0.25) is 0 Å². The lowest BCUT2D eigenvalue weighted by Crippen LogP contribution is -2.30. The van der Waals surface area contributed by atoms with Crippen LogP contribution in [-0.2, 0) is 28.6 Å². The summed E-state index contributed by atoms with van der Waals surface area (Å²) in [5.74, 6) is -0.900. The lowest BCUT2D eigenvalue weighted by atomic mass is 10.0. The summed E-state index contributed by atoms with van der Waals surface area (Å²) in [6.45, 7) is 6.52. The Kier molecular flexibility index (Phi) is 53.3. The molecule has 1 unspecified atom stereocenters. The zero-order valence-corrected chi connectivity index (χ0v) is 44.4. The van der Waals surface area contributed by atoms with Crippen LogP contribution in [0.3, 0.4) is 0 Å². The summed E-state index contributed by atoms with van der Waals surface area (Å²) in [4.78, 5) is 38.0. The number of rotatable bonds is 52. The highest BCUT2D eigenvalue weighted by Crippen LogP contribution is 2.16. The molecule has 0 aromatic carbocycles. The highest BCUT2D eigenvalue weighted by Gasteiger charge is 2.19. The molecule has 67 heavy (non-hydrogen) atoms. The van der Waals surface area contributed by atoms with Gasteiger partial charge in [0.25, 0.3) is 0 Å². The Balaban J connectivity index is 4.22. The zero-order chi connectivity index (χ0) is 48.6. The molecule has 0 amide bonds. The first-order chi connectivity index (χ1) is 33.0. The number of ether oxygens (including phenoxy) is 3. The van der Waals surface area contributed by atoms with Crippen LogP contribution in [-0.4, -0.2) is 37.2 Å². The lowest BCUT2D eigenvalue weighted by Gasteiger charge is -2.18. The molecule has 0 spiro atoms. The van der Waals surface area contributed by atoms with Crippen LogP contribution in [0.1, 0.15) is 290 Å². The monoisotopic (exact) mass is 937 g/mol. The molecule has 0 bridgehead atoms. The van der Waals surface area contributed by atoms with E-state index >= 15 is 0 Å². The second-order valence-electron chi connectivity index (χ2n) is 19.2. The molecule has 0 aromatic rings. The van der Waals surface area contributed by atoms with Gasteiger partial charge in [-0.1, -0.05) is 236 Å². The molecule has 0 saturated carbocycles. The van der Waals surface area contributed by atoms with Crippen molar-refractivity contribution in [3.63, 3.8) is 0 Å². The molecule has 0 aliphatic rings. The van der Waals surface area contributed by atoms with Gasteiger partial charge in [-0.25, -0.2) is 0 Å². The third-order valence-corrected chi connectivity index (χ3v) is 12.4. The van der Waals surface area contributed by atoms with E-state index in [-0.39, 0.29) is 31.1 Å². The SMILES string of the molecule is CCC/C=C\C/C=C\CCCCCCCC(=O)OC(COC(=O)CCCCCCC/C=C\CCCC)COC(=O)CCCCCCCCCCCCCCC/C=C\C/C=C\CCCCCCC. The second-order valence-corrected chi connectivity index (χ2v) is 19.2. The van der Waals surface area contributed by atoms with Crippen molar-refractivity contribution < 1.29 is 28.6 Å². The summed E-state index contributed by atoms with van der Waals surface area (Å²) in [5, 5.41) is 0. The van der Waals surface area contributed by atoms with E-state index in [9.17, 15) is 14.4 Å². The molecule has 0 aliphatic carbocycles. The molecule has 388 valence electrons. The van der Waals surface area contributed by atoms with E-state index in [2.05, 4.69) is 81.5 Å². The quantitative estimate of drug-likeness (QED) is 0.0262. The molecule has 0 heterocycles. The van der Waals surface area contributed by atoms with Gasteiger partial charge in [0, 0.05) is 19.3 Å². The molecule has 6 heteroatoms. The minimum atomic E-state index is -0.783. The van der Waals surface area contributed by atoms with Crippen LogP contribution in [0.15, 0.2) is 60.8 Å². The van der Waals surface area contributed by atoms with E-state index < -0.39 is 6.10 Å². The number of allylic oxidation sites excluding steroid dienone is 10. The summed E-state index contributed by atoms with van der Waals surface area (Å²) >= 11 is 0. The van der Waals surface area contributed by atoms with Gasteiger partial charge in [-0.15, -0.1) is 0 Å². The van der Waals surface area contributed by atoms with E-state index in [1.807, 2.05) is 0 Å². The minimum Gasteiger partial charge on any atom is -0.462 e. The van der Waals surface area contributed by atoms with Gasteiger partial charge in [-0.3, -0.25) is 14.4 Å². The van der Waals surface area contributed by atoms with E-state index in [1.54, 1.807) is 0 Å². The first-order valence-corrected chi connectivity index (χ1v) is 28.8. The van der Waals surface area contributed by atoms with Crippen LogP contribution < -0.4 is 0 Å². The maximum Gasteiger partial charge on any atom is 0.306 e. The van der Waals surface area contributed by atoms with Crippen LogP contribution in [0.2, 0.25) is 0 Å². The molecule has 0 radical (unpaired) electrons. The van der Waals surface area contributed by atoms with Crippen molar-refractivity contribution in [1.82, 2.24) is 0 Å². The molecule has 0 N–H and O–H groups in total. The Labute approximate surface area is 415 Å². The Morgan fingerprint density at radius 2 is 0.582 bits per heavy atom. The first-order valence-electron chi connectivity index (χ1n) is 28.8. The fourth-order valence-electron chi connectivity index (χ4n) is 8.08. The predicted octanol–water partition coefficient (Wildman–Crippen LogP) is 19.2. The Morgan fingerprint density at radius 3 is 0.940 bits per heavy atom. The molecule has 0 rings (SSSR count). The van der Waals surface area contributed by atoms with Crippen molar-refractivity contribution in [2.75, 3.05) is 13.2 Å². The number of unbranched alkanes of at least 4 members (excludes halogenated alkanes) is 31. The van der Waals surface area contributed by atoms with Gasteiger partial charge >= 0.3 is 17.9 Å². The average molecular weight is 938 g/mol. The van der Waals surface area contributed by atoms with Crippen molar-refractivity contribution >= 4 is 17.9 Å². The Bertz CT molecular complexity index is 1210. The first kappa shape index (κ1) is 64.1. The van der Waals surface area contributed by atoms with Gasteiger partial charge < -0.3 is 14.2 Å². The summed E-state index contributed by atoms with van der Waals surface area (Å²) in [6, 6.07) is 0. The molecule has 1 atom stereocenters. The third-order valence-electron chi connectivity index (χ3n) is 12.4. The second kappa shape index (κ2) is 55.7. The summed E-state index contributed by atoms with van der Waals surface area (Å²) in [5.41, 5.74) is 0. The van der Waals surface area contributed by atoms with E-state index in [0.717, 1.165) is 103 Å². The summed E-state index contributed by atoms with van der Waals surface area (Å²) in [6.07, 6.45) is 69.4. The van der Waals surface area contributed by atoms with E-state index in [0.29, 0.717) is 19.3 Å². The van der Waals surface area contributed by atoms with Crippen LogP contribution in [0.25, 0.3) is 0 Å². The largest absolute Gasteiger partial charge is 0.462 e. The lowest BCUT2D eigenvalue weighted by molar-refractivity contribution is -0.167. The van der Waals surface area contributed by atoms with Gasteiger partial charge in [0.05, 0.1) is 0 Å². The number of hydrogen-bond donors (Lipinski definition) is 0. The Hall–Kier alpha value is -2.89. The number of carbonyl (C=O) groups excluding carboxylic acids is 3. The molecule has 0 aromatic heterocycles. The molecule has 0 fully saturated rings. The average Bonchev–Trinajstić information content (AvgIpc) is 3.33. The predicted molar refractivity (Wildman–Crippen MR) is 288 cm³/mol. The highest BCUT2D eigenvalue weighted by atomic mass is 16.6. The number of hydrogen-bond acceptors (Lipinski definition) is 6. The van der Waals surface area contributed by atoms with Crippen molar-refractivity contribution in [2.24, 2.45) is 0 Å². The summed E-state index contributed by atoms with van der Waals surface area (Å²) < 4.78 is 16.8. The van der Waals surface area contributed by atoms with Gasteiger partial charge in [-0.2, -0.15) is 0 Å². The molecule has 6 nitrogen and oxygen atoms in total. The highest BCUT2D eigenvalue weighted by molar-refractivity contribution is 5.71. The van der Waals surface area contributed by atoms with Crippen molar-refractivity contribution in [2.45, 2.75) is 297 Å². The number of carbonyl (C=O) groups is 3. The van der Waals surface area contributed by atoms with Crippen molar-refractivity contribution in [1.29, 1.82) is 0 Å². The van der Waals surface area contributed by atoms with Crippen LogP contribution in [0.5, 0.6) is 0 Å². The standard InChI is InChI=1S/C61H108O6/c1-4-7-10-13-16-19-22-24-25-26-27-28-29-30-31-32-33-34-35-37-39-42-45-48-51-54-60(63)66-57-58(56-65-59(62)53-50-47-44-41-38-21-18-15-12-9-6-3)67-61(64)55-52-49-46-43-40-36-23-20-17-14-11-8-5-2/h11,14-15,18,20,22-24,26-27,58H,4-10,12-13,16-17,19,21,25,28-57H2,1-3H3/b14-11-,18-15-,23-20-,24-22-,27-26-. The van der Waals surface area contributed by atoms with E-state index in [1.165, 1.54) is 148 Å². The molecule has 0 saturated heterocycles. The topological polar surface area (TPSA) is 78.9 Å². The normalized spacial score (nSPS) is 12.5. The molecule has 0 aliphatic heterocycles. The van der Waals surface area contributed by atoms with E-state index in [4.69, 9.17) is 14.2 Å². The maximum absolute atomic E-state index is 12.8. The zero-order valence-electron chi connectivity index (χ0n) is 44.4. The fourth-order valence-corrected chi connectivity index (χ4v) is 8.08. The third kappa shape index (κ3) is 53.9. The van der Waals surface area contributed by atoms with Crippen LogP contribution >= 0.6 is 0 Å². The van der Waals surface area contributed by atoms with Crippen LogP contribution in [0.4, 0.5) is 0 Å². The van der Waals surface area contributed by atoms with Crippen molar-refractivity contribution in [3.05, 3.63) is 60.8 Å². The van der Waals surface area contributed by atoms with Gasteiger partial charge in [0.1, 0.15) is 13.2 Å². The smallest absolute Gasteiger partial charge is 0.306 e. The molecular formula is C61H108O6. The number of esters is 3. The maximum atomic E-state index is 12.8. The molecular weight excluding hydrogens is 829 g/mol. The van der Waals surface area contributed by atoms with Crippen LogP contribution in [0, 0.1) is 0 Å². The van der Waals surface area contributed by atoms with Gasteiger partial charge in [0.15, 0.2) is 6.10 Å². The summed E-state index contributed by atoms with van der Waals surface area (Å²) in [7, 11) is 0.